The van der Waals surface area contributed by atoms with Crippen molar-refractivity contribution >= 4 is 23.9 Å². The normalized spacial score (nSPS) is 15.3. The highest BCUT2D eigenvalue weighted by atomic mass is 35.5. The molecule has 1 unspecified atom stereocenters. The minimum atomic E-state index is -0.419. The van der Waals surface area contributed by atoms with Crippen LogP contribution in [0.2, 0.25) is 0 Å². The second kappa shape index (κ2) is 5.79. The molecule has 3 N–H and O–H groups in total. The molecule has 0 radical (unpaired) electrons. The van der Waals surface area contributed by atoms with Crippen LogP contribution in [0.3, 0.4) is 0 Å². The highest BCUT2D eigenvalue weighted by molar-refractivity contribution is 5.90. The van der Waals surface area contributed by atoms with E-state index in [2.05, 4.69) is 10.3 Å². The van der Waals surface area contributed by atoms with Crippen LogP contribution in [0, 0.1) is 17.0 Å². The molecule has 0 saturated heterocycles. The lowest BCUT2D eigenvalue weighted by atomic mass is 9.99. The lowest BCUT2D eigenvalue weighted by Crippen LogP contribution is -2.31. The monoisotopic (exact) mass is 270 g/mol. The number of benzene rings is 1. The molecular formula is C11H15ClN4O2. The van der Waals surface area contributed by atoms with Crippen LogP contribution in [-0.4, -0.2) is 23.8 Å². The number of aliphatic imine (C=N–C) groups is 1. The molecule has 18 heavy (non-hydrogen) atoms. The minimum Gasteiger partial charge on any atom is -0.370 e. The fraction of sp³-hybridized carbons (Fsp3) is 0.364. The molecule has 0 aliphatic carbocycles. The lowest BCUT2D eigenvalue weighted by Gasteiger charge is -2.15. The Balaban J connectivity index is 0.00000162. The van der Waals surface area contributed by atoms with E-state index in [9.17, 15) is 10.1 Å². The number of nitro benzene ring substituents is 1. The molecular weight excluding hydrogens is 256 g/mol. The highest BCUT2D eigenvalue weighted by Gasteiger charge is 2.22. The Bertz CT molecular complexity index is 490. The van der Waals surface area contributed by atoms with Crippen molar-refractivity contribution in [3.63, 3.8) is 0 Å². The van der Waals surface area contributed by atoms with Crippen LogP contribution >= 0.6 is 12.4 Å². The third-order valence-corrected chi connectivity index (χ3v) is 2.87. The smallest absolute Gasteiger partial charge is 0.272 e. The van der Waals surface area contributed by atoms with Crippen molar-refractivity contribution in [1.82, 2.24) is 5.32 Å². The fourth-order valence-electron chi connectivity index (χ4n) is 1.95. The van der Waals surface area contributed by atoms with E-state index in [1.807, 2.05) is 0 Å². The Morgan fingerprint density at radius 1 is 1.56 bits per heavy atom. The molecule has 0 aromatic heterocycles. The van der Waals surface area contributed by atoms with E-state index in [4.69, 9.17) is 5.73 Å². The summed E-state index contributed by atoms with van der Waals surface area (Å²) in [5, 5.41) is 13.9. The zero-order chi connectivity index (χ0) is 12.4. The Hall–Kier alpha value is -1.66. The van der Waals surface area contributed by atoms with E-state index in [-0.39, 0.29) is 18.1 Å². The van der Waals surface area contributed by atoms with Gasteiger partial charge in [-0.1, -0.05) is 12.1 Å². The molecule has 0 bridgehead atoms. The summed E-state index contributed by atoms with van der Waals surface area (Å²) in [4.78, 5) is 14.7. The summed E-state index contributed by atoms with van der Waals surface area (Å²) < 4.78 is 0. The van der Waals surface area contributed by atoms with Crippen LogP contribution < -0.4 is 11.1 Å². The highest BCUT2D eigenvalue weighted by Crippen LogP contribution is 2.25. The van der Waals surface area contributed by atoms with E-state index in [0.717, 1.165) is 12.1 Å². The number of nitrogens with two attached hydrogens (primary N) is 1. The standard InChI is InChI=1S/C11H14N4O2.ClH/c1-7-8(3-2-4-9(7)15(16)17)10(12)11-13-5-6-14-11;/h2-4,10H,5-6,12H2,1H3,(H,13,14);1H. The Labute approximate surface area is 111 Å². The number of nitrogens with one attached hydrogen (secondary N) is 1. The molecule has 7 heteroatoms. The molecule has 0 saturated carbocycles. The second-order valence-electron chi connectivity index (χ2n) is 3.92. The van der Waals surface area contributed by atoms with E-state index < -0.39 is 11.0 Å². The van der Waals surface area contributed by atoms with Crippen LogP contribution in [-0.2, 0) is 0 Å². The zero-order valence-electron chi connectivity index (χ0n) is 9.92. The van der Waals surface area contributed by atoms with Gasteiger partial charge in [0.05, 0.1) is 17.5 Å². The maximum absolute atomic E-state index is 10.8. The molecule has 1 aliphatic heterocycles. The molecule has 0 fully saturated rings. The molecule has 1 heterocycles. The fourth-order valence-corrected chi connectivity index (χ4v) is 1.95. The number of hydrogen-bond donors (Lipinski definition) is 2. The van der Waals surface area contributed by atoms with Crippen LogP contribution in [0.25, 0.3) is 0 Å². The van der Waals surface area contributed by atoms with Gasteiger partial charge in [-0.25, -0.2) is 0 Å². The molecule has 1 aromatic rings. The molecule has 1 aromatic carbocycles. The molecule has 98 valence electrons. The predicted molar refractivity (Wildman–Crippen MR) is 72.3 cm³/mol. The number of nitrogens with zero attached hydrogens (tertiary/aromatic N) is 2. The summed E-state index contributed by atoms with van der Waals surface area (Å²) in [5.74, 6) is 0.702. The summed E-state index contributed by atoms with van der Waals surface area (Å²) in [6, 6.07) is 4.51. The maximum atomic E-state index is 10.8. The van der Waals surface area contributed by atoms with Crippen LogP contribution in [0.5, 0.6) is 0 Å². The van der Waals surface area contributed by atoms with Gasteiger partial charge in [0.2, 0.25) is 0 Å². The molecule has 0 spiro atoms. The Morgan fingerprint density at radius 2 is 2.28 bits per heavy atom. The summed E-state index contributed by atoms with van der Waals surface area (Å²) in [5.41, 5.74) is 7.49. The van der Waals surface area contributed by atoms with Gasteiger partial charge < -0.3 is 11.1 Å². The van der Waals surface area contributed by atoms with Crippen LogP contribution in [0.15, 0.2) is 23.2 Å². The number of amidine groups is 1. The predicted octanol–water partition coefficient (Wildman–Crippen LogP) is 1.33. The van der Waals surface area contributed by atoms with Crippen LogP contribution in [0.1, 0.15) is 17.2 Å². The quantitative estimate of drug-likeness (QED) is 0.640. The summed E-state index contributed by atoms with van der Waals surface area (Å²) in [6.07, 6.45) is 0. The van der Waals surface area contributed by atoms with Crippen LogP contribution in [0.4, 0.5) is 5.69 Å². The van der Waals surface area contributed by atoms with Gasteiger partial charge in [0.25, 0.3) is 5.69 Å². The summed E-state index contributed by atoms with van der Waals surface area (Å²) in [7, 11) is 0. The summed E-state index contributed by atoms with van der Waals surface area (Å²) >= 11 is 0. The first kappa shape index (κ1) is 14.4. The summed E-state index contributed by atoms with van der Waals surface area (Å²) in [6.45, 7) is 3.19. The first-order chi connectivity index (χ1) is 8.11. The van der Waals surface area contributed by atoms with Gasteiger partial charge in [-0.2, -0.15) is 0 Å². The maximum Gasteiger partial charge on any atom is 0.272 e. The molecule has 1 aliphatic rings. The van der Waals surface area contributed by atoms with Gasteiger partial charge in [-0.3, -0.25) is 15.1 Å². The van der Waals surface area contributed by atoms with Crippen molar-refractivity contribution < 1.29 is 4.92 Å². The number of hydrogen-bond acceptors (Lipinski definition) is 5. The van der Waals surface area contributed by atoms with Gasteiger partial charge in [0.1, 0.15) is 5.84 Å². The van der Waals surface area contributed by atoms with Gasteiger partial charge >= 0.3 is 0 Å². The largest absolute Gasteiger partial charge is 0.370 e. The molecule has 1 atom stereocenters. The van der Waals surface area contributed by atoms with Gasteiger partial charge in [0, 0.05) is 18.2 Å². The van der Waals surface area contributed by atoms with Crippen molar-refractivity contribution in [2.75, 3.05) is 13.1 Å². The third-order valence-electron chi connectivity index (χ3n) is 2.87. The first-order valence-corrected chi connectivity index (χ1v) is 5.39. The average molecular weight is 271 g/mol. The van der Waals surface area contributed by atoms with E-state index in [1.54, 1.807) is 19.1 Å². The lowest BCUT2D eigenvalue weighted by molar-refractivity contribution is -0.385. The Morgan fingerprint density at radius 3 is 2.83 bits per heavy atom. The van der Waals surface area contributed by atoms with Gasteiger partial charge in [-0.05, 0) is 12.5 Å². The van der Waals surface area contributed by atoms with Gasteiger partial charge in [-0.15, -0.1) is 12.4 Å². The van der Waals surface area contributed by atoms with Crippen molar-refractivity contribution in [3.8, 4) is 0 Å². The van der Waals surface area contributed by atoms with E-state index in [1.165, 1.54) is 6.07 Å². The average Bonchev–Trinajstić information content (AvgIpc) is 2.81. The van der Waals surface area contributed by atoms with Crippen molar-refractivity contribution in [1.29, 1.82) is 0 Å². The van der Waals surface area contributed by atoms with Gasteiger partial charge in [0.15, 0.2) is 0 Å². The topological polar surface area (TPSA) is 93.5 Å². The molecule has 0 amide bonds. The van der Waals surface area contributed by atoms with Crippen molar-refractivity contribution in [3.05, 3.63) is 39.4 Å². The second-order valence-corrected chi connectivity index (χ2v) is 3.92. The van der Waals surface area contributed by atoms with Crippen molar-refractivity contribution in [2.24, 2.45) is 10.7 Å². The minimum absolute atomic E-state index is 0. The molecule has 6 nitrogen and oxygen atoms in total. The van der Waals surface area contributed by atoms with E-state index in [0.29, 0.717) is 17.9 Å². The SMILES string of the molecule is Cc1c(C(N)C2=NCCN2)cccc1[N+](=O)[O-].Cl. The molecule has 2 rings (SSSR count). The van der Waals surface area contributed by atoms with E-state index >= 15 is 0 Å². The first-order valence-electron chi connectivity index (χ1n) is 5.39. The Kier molecular flexibility index (Phi) is 4.63. The third kappa shape index (κ3) is 2.60. The van der Waals surface area contributed by atoms with Crippen molar-refractivity contribution in [2.45, 2.75) is 13.0 Å². The number of nitro groups is 1. The zero-order valence-corrected chi connectivity index (χ0v) is 10.7. The number of rotatable bonds is 3. The number of halogens is 1.